The molecule has 1 unspecified atom stereocenters. The predicted octanol–water partition coefficient (Wildman–Crippen LogP) is 2.58. The monoisotopic (exact) mass is 359 g/mol. The van der Waals surface area contributed by atoms with Crippen LogP contribution in [0.4, 0.5) is 0 Å². The molecule has 0 amide bonds. The number of hydrogen-bond acceptors (Lipinski definition) is 5. The maximum atomic E-state index is 12.5. The molecule has 1 aromatic carbocycles. The van der Waals surface area contributed by atoms with Gasteiger partial charge < -0.3 is 9.47 Å². The van der Waals surface area contributed by atoms with Gasteiger partial charge in [0.1, 0.15) is 5.75 Å². The van der Waals surface area contributed by atoms with Gasteiger partial charge in [-0.2, -0.15) is 11.8 Å². The second kappa shape index (κ2) is 7.88. The normalized spacial score (nSPS) is 21.5. The zero-order chi connectivity index (χ0) is 16.9. The summed E-state index contributed by atoms with van der Waals surface area (Å²) in [5, 5.41) is 0. The average Bonchev–Trinajstić information content (AvgIpc) is 3.01. The van der Waals surface area contributed by atoms with Crippen LogP contribution >= 0.6 is 11.8 Å². The van der Waals surface area contributed by atoms with Crippen molar-refractivity contribution in [3.63, 3.8) is 0 Å². The van der Waals surface area contributed by atoms with Crippen LogP contribution in [-0.2, 0) is 14.8 Å². The minimum absolute atomic E-state index is 0.260. The molecule has 7 heteroatoms. The van der Waals surface area contributed by atoms with Crippen LogP contribution in [0.2, 0.25) is 0 Å². The highest BCUT2D eigenvalue weighted by molar-refractivity contribution is 7.99. The second-order valence-electron chi connectivity index (χ2n) is 5.79. The van der Waals surface area contributed by atoms with Gasteiger partial charge in [-0.05, 0) is 49.3 Å². The SMILES string of the molecule is CCCOc1ccc(S(=O)(=O)NCC2(OC)CCSC2)cc1C. The number of thioether (sulfide) groups is 1. The lowest BCUT2D eigenvalue weighted by Gasteiger charge is -2.26. The van der Waals surface area contributed by atoms with E-state index in [0.29, 0.717) is 13.2 Å². The Morgan fingerprint density at radius 2 is 2.17 bits per heavy atom. The first-order valence-electron chi connectivity index (χ1n) is 7.78. The topological polar surface area (TPSA) is 64.6 Å². The van der Waals surface area contributed by atoms with Crippen LogP contribution in [-0.4, -0.2) is 45.8 Å². The fourth-order valence-electron chi connectivity index (χ4n) is 2.43. The van der Waals surface area contributed by atoms with E-state index in [0.717, 1.165) is 35.7 Å². The van der Waals surface area contributed by atoms with Gasteiger partial charge in [0.15, 0.2) is 0 Å². The number of benzene rings is 1. The number of hydrogen-bond donors (Lipinski definition) is 1. The minimum Gasteiger partial charge on any atom is -0.493 e. The van der Waals surface area contributed by atoms with Gasteiger partial charge in [0.2, 0.25) is 10.0 Å². The van der Waals surface area contributed by atoms with Gasteiger partial charge in [-0.1, -0.05) is 6.92 Å². The molecule has 0 aliphatic carbocycles. The van der Waals surface area contributed by atoms with Crippen molar-refractivity contribution >= 4 is 21.8 Å². The average molecular weight is 360 g/mol. The maximum Gasteiger partial charge on any atom is 0.240 e. The smallest absolute Gasteiger partial charge is 0.240 e. The minimum atomic E-state index is -3.55. The van der Waals surface area contributed by atoms with Gasteiger partial charge in [0.25, 0.3) is 0 Å². The summed E-state index contributed by atoms with van der Waals surface area (Å²) < 4.78 is 38.9. The molecule has 0 aromatic heterocycles. The van der Waals surface area contributed by atoms with Crippen molar-refractivity contribution in [1.29, 1.82) is 0 Å². The van der Waals surface area contributed by atoms with Crippen LogP contribution in [0, 0.1) is 6.92 Å². The van der Waals surface area contributed by atoms with Crippen molar-refractivity contribution in [2.24, 2.45) is 0 Å². The molecule has 0 saturated carbocycles. The highest BCUT2D eigenvalue weighted by Crippen LogP contribution is 2.30. The number of nitrogens with one attached hydrogen (secondary N) is 1. The first-order chi connectivity index (χ1) is 10.9. The fourth-order valence-corrected chi connectivity index (χ4v) is 5.03. The molecule has 130 valence electrons. The summed E-state index contributed by atoms with van der Waals surface area (Å²) >= 11 is 1.79. The number of aryl methyl sites for hydroxylation is 1. The van der Waals surface area contributed by atoms with E-state index in [2.05, 4.69) is 4.72 Å². The van der Waals surface area contributed by atoms with E-state index < -0.39 is 15.6 Å². The van der Waals surface area contributed by atoms with Gasteiger partial charge in [-0.25, -0.2) is 13.1 Å². The van der Waals surface area contributed by atoms with Crippen molar-refractivity contribution in [2.45, 2.75) is 37.2 Å². The molecule has 1 fully saturated rings. The highest BCUT2D eigenvalue weighted by atomic mass is 32.2. The number of ether oxygens (including phenoxy) is 2. The van der Waals surface area contributed by atoms with Crippen LogP contribution in [0.1, 0.15) is 25.3 Å². The number of sulfonamides is 1. The number of rotatable bonds is 8. The Morgan fingerprint density at radius 3 is 2.74 bits per heavy atom. The summed E-state index contributed by atoms with van der Waals surface area (Å²) in [6.07, 6.45) is 1.78. The van der Waals surface area contributed by atoms with Crippen molar-refractivity contribution in [3.8, 4) is 5.75 Å². The Balaban J connectivity index is 2.08. The van der Waals surface area contributed by atoms with E-state index >= 15 is 0 Å². The molecule has 23 heavy (non-hydrogen) atoms. The molecule has 0 spiro atoms. The Morgan fingerprint density at radius 1 is 1.39 bits per heavy atom. The first kappa shape index (κ1) is 18.6. The molecule has 1 aliphatic rings. The molecule has 0 radical (unpaired) electrons. The lowest BCUT2D eigenvalue weighted by atomic mass is 10.0. The zero-order valence-electron chi connectivity index (χ0n) is 13.9. The van der Waals surface area contributed by atoms with Gasteiger partial charge in [-0.15, -0.1) is 0 Å². The molecular formula is C16H25NO4S2. The molecule has 0 bridgehead atoms. The summed E-state index contributed by atoms with van der Waals surface area (Å²) in [6.45, 7) is 4.81. The highest BCUT2D eigenvalue weighted by Gasteiger charge is 2.35. The molecule has 1 aliphatic heterocycles. The van der Waals surface area contributed by atoms with E-state index in [4.69, 9.17) is 9.47 Å². The van der Waals surface area contributed by atoms with Crippen LogP contribution in [0.5, 0.6) is 5.75 Å². The molecule has 1 aromatic rings. The van der Waals surface area contributed by atoms with Crippen molar-refractivity contribution in [1.82, 2.24) is 4.72 Å². The summed E-state index contributed by atoms with van der Waals surface area (Å²) in [7, 11) is -1.91. The molecular weight excluding hydrogens is 334 g/mol. The summed E-state index contributed by atoms with van der Waals surface area (Å²) in [6, 6.07) is 4.95. The summed E-state index contributed by atoms with van der Waals surface area (Å²) in [5.74, 6) is 2.54. The van der Waals surface area contributed by atoms with E-state index in [1.807, 2.05) is 13.8 Å². The van der Waals surface area contributed by atoms with Gasteiger partial charge in [0.05, 0.1) is 17.1 Å². The van der Waals surface area contributed by atoms with Crippen molar-refractivity contribution in [2.75, 3.05) is 31.8 Å². The van der Waals surface area contributed by atoms with E-state index in [1.165, 1.54) is 0 Å². The standard InChI is InChI=1S/C16H25NO4S2/c1-4-8-21-15-6-5-14(10-13(15)2)23(18,19)17-11-16(20-3)7-9-22-12-16/h5-6,10,17H,4,7-9,11-12H2,1-3H3. The van der Waals surface area contributed by atoms with E-state index in [1.54, 1.807) is 37.1 Å². The lowest BCUT2D eigenvalue weighted by molar-refractivity contribution is 0.0179. The van der Waals surface area contributed by atoms with Crippen LogP contribution in [0.3, 0.4) is 0 Å². The maximum absolute atomic E-state index is 12.5. The fraction of sp³-hybridized carbons (Fsp3) is 0.625. The predicted molar refractivity (Wildman–Crippen MR) is 93.8 cm³/mol. The van der Waals surface area contributed by atoms with Crippen molar-refractivity contribution in [3.05, 3.63) is 23.8 Å². The second-order valence-corrected chi connectivity index (χ2v) is 8.66. The molecule has 1 N–H and O–H groups in total. The Kier molecular flexibility index (Phi) is 6.36. The summed E-state index contributed by atoms with van der Waals surface area (Å²) in [4.78, 5) is 0.260. The third-order valence-electron chi connectivity index (χ3n) is 4.00. The van der Waals surface area contributed by atoms with E-state index in [-0.39, 0.29) is 4.90 Å². The summed E-state index contributed by atoms with van der Waals surface area (Å²) in [5.41, 5.74) is 0.427. The third-order valence-corrected chi connectivity index (χ3v) is 6.62. The van der Waals surface area contributed by atoms with Crippen LogP contribution in [0.15, 0.2) is 23.1 Å². The molecule has 1 atom stereocenters. The first-order valence-corrected chi connectivity index (χ1v) is 10.4. The van der Waals surface area contributed by atoms with E-state index in [9.17, 15) is 8.42 Å². The molecule has 5 nitrogen and oxygen atoms in total. The Hall–Kier alpha value is -0.760. The quantitative estimate of drug-likeness (QED) is 0.773. The van der Waals surface area contributed by atoms with Crippen LogP contribution in [0.25, 0.3) is 0 Å². The Bertz CT molecular complexity index is 625. The van der Waals surface area contributed by atoms with Crippen LogP contribution < -0.4 is 9.46 Å². The largest absolute Gasteiger partial charge is 0.493 e. The van der Waals surface area contributed by atoms with Gasteiger partial charge in [0, 0.05) is 19.4 Å². The molecule has 1 heterocycles. The lowest BCUT2D eigenvalue weighted by Crippen LogP contribution is -2.44. The van der Waals surface area contributed by atoms with Crippen molar-refractivity contribution < 1.29 is 17.9 Å². The molecule has 2 rings (SSSR count). The van der Waals surface area contributed by atoms with Gasteiger partial charge >= 0.3 is 0 Å². The Labute approximate surface area is 143 Å². The van der Waals surface area contributed by atoms with Gasteiger partial charge in [-0.3, -0.25) is 0 Å². The number of methoxy groups -OCH3 is 1. The third kappa shape index (κ3) is 4.62. The molecule has 1 saturated heterocycles. The zero-order valence-corrected chi connectivity index (χ0v) is 15.6.